The monoisotopic (exact) mass is 450 g/mol. The Balaban J connectivity index is 2.08. The summed E-state index contributed by atoms with van der Waals surface area (Å²) in [5, 5.41) is 29.0. The topological polar surface area (TPSA) is 153 Å². The highest BCUT2D eigenvalue weighted by atomic mass is 32.2. The van der Waals surface area contributed by atoms with Crippen molar-refractivity contribution in [3.05, 3.63) is 52.6 Å². The first kappa shape index (κ1) is 23.6. The fraction of sp³-hybridized carbons (Fsp3) is 0.391. The molecule has 1 saturated heterocycles. The number of benzene rings is 1. The van der Waals surface area contributed by atoms with Crippen molar-refractivity contribution in [1.29, 1.82) is 10.5 Å². The maximum Gasteiger partial charge on any atom is 0.235 e. The van der Waals surface area contributed by atoms with Gasteiger partial charge in [0.05, 0.1) is 17.7 Å². The first-order valence-corrected chi connectivity index (χ1v) is 11.3. The van der Waals surface area contributed by atoms with Gasteiger partial charge in [-0.3, -0.25) is 4.79 Å². The van der Waals surface area contributed by atoms with Crippen LogP contribution in [0.3, 0.4) is 0 Å². The molecular formula is C23H26N6O2S. The number of thioether (sulfide) groups is 1. The Morgan fingerprint density at radius 3 is 2.38 bits per heavy atom. The second kappa shape index (κ2) is 10.0. The number of anilines is 1. The number of aromatic nitrogens is 1. The number of carbonyl (C=O) groups is 1. The lowest BCUT2D eigenvalue weighted by molar-refractivity contribution is -0.117. The van der Waals surface area contributed by atoms with Crippen molar-refractivity contribution in [3.8, 4) is 12.1 Å². The summed E-state index contributed by atoms with van der Waals surface area (Å²) in [4.78, 5) is 18.9. The van der Waals surface area contributed by atoms with Gasteiger partial charge in [-0.1, -0.05) is 49.0 Å². The van der Waals surface area contributed by atoms with Gasteiger partial charge in [-0.25, -0.2) is 4.98 Å². The molecule has 0 aliphatic carbocycles. The molecule has 2 aromatic rings. The van der Waals surface area contributed by atoms with E-state index in [4.69, 9.17) is 16.5 Å². The van der Waals surface area contributed by atoms with Crippen molar-refractivity contribution in [2.45, 2.75) is 42.0 Å². The van der Waals surface area contributed by atoms with Gasteiger partial charge in [-0.2, -0.15) is 10.5 Å². The summed E-state index contributed by atoms with van der Waals surface area (Å²) >= 11 is 1.12. The molecule has 5 N–H and O–H groups in total. The second-order valence-electron chi connectivity index (χ2n) is 7.86. The molecule has 1 amide bonds. The quantitative estimate of drug-likeness (QED) is 0.541. The van der Waals surface area contributed by atoms with Crippen molar-refractivity contribution < 1.29 is 9.90 Å². The number of amides is 1. The molecule has 9 heteroatoms. The largest absolute Gasteiger partial charge is 0.394 e. The predicted octanol–water partition coefficient (Wildman–Crippen LogP) is 2.00. The van der Waals surface area contributed by atoms with Crippen LogP contribution in [0.15, 0.2) is 35.4 Å². The molecule has 8 nitrogen and oxygen atoms in total. The predicted molar refractivity (Wildman–Crippen MR) is 123 cm³/mol. The number of carbonyl (C=O) groups excluding carboxylic acids is 1. The van der Waals surface area contributed by atoms with Crippen molar-refractivity contribution in [2.75, 3.05) is 24.6 Å². The maximum atomic E-state index is 12.3. The Hall–Kier alpha value is -3.11. The van der Waals surface area contributed by atoms with Crippen LogP contribution in [0.4, 0.5) is 5.82 Å². The summed E-state index contributed by atoms with van der Waals surface area (Å²) in [5.41, 5.74) is 13.2. The Kier molecular flexibility index (Phi) is 7.37. The number of pyridine rings is 1. The molecule has 166 valence electrons. The number of rotatable bonds is 7. The van der Waals surface area contributed by atoms with Gasteiger partial charge in [0.2, 0.25) is 5.91 Å². The van der Waals surface area contributed by atoms with Crippen molar-refractivity contribution in [3.63, 3.8) is 0 Å². The number of hydrogen-bond acceptors (Lipinski definition) is 8. The van der Waals surface area contributed by atoms with Gasteiger partial charge in [-0.15, -0.1) is 0 Å². The molecule has 1 atom stereocenters. The summed E-state index contributed by atoms with van der Waals surface area (Å²) in [5.74, 6) is -0.0631. The molecule has 0 bridgehead atoms. The molecule has 1 aliphatic heterocycles. The van der Waals surface area contributed by atoms with E-state index in [1.807, 2.05) is 30.0 Å². The molecule has 0 saturated carbocycles. The molecular weight excluding hydrogens is 424 g/mol. The highest BCUT2D eigenvalue weighted by Crippen LogP contribution is 2.40. The van der Waals surface area contributed by atoms with Gasteiger partial charge in [0.15, 0.2) is 0 Å². The number of nitrogens with zero attached hydrogens (tertiary/aromatic N) is 4. The molecule has 0 radical (unpaired) electrons. The highest BCUT2D eigenvalue weighted by molar-refractivity contribution is 8.00. The summed E-state index contributed by atoms with van der Waals surface area (Å²) < 4.78 is 0. The SMILES string of the molecule is CCc1c(C#N)c(SC(C(N)=O)c2ccccc2)nc(N2CCC(N)(CO)CC2)c1C#N. The summed E-state index contributed by atoms with van der Waals surface area (Å²) in [7, 11) is 0. The fourth-order valence-corrected chi connectivity index (χ4v) is 4.91. The third-order valence-electron chi connectivity index (χ3n) is 5.79. The van der Waals surface area contributed by atoms with Gasteiger partial charge in [-0.05, 0) is 30.4 Å². The number of nitrogens with two attached hydrogens (primary N) is 2. The first-order chi connectivity index (χ1) is 15.4. The lowest BCUT2D eigenvalue weighted by Gasteiger charge is -2.39. The number of piperidine rings is 1. The minimum Gasteiger partial charge on any atom is -0.394 e. The van der Waals surface area contributed by atoms with Crippen LogP contribution in [-0.4, -0.2) is 41.2 Å². The highest BCUT2D eigenvalue weighted by Gasteiger charge is 2.33. The van der Waals surface area contributed by atoms with Crippen LogP contribution in [0.1, 0.15) is 47.3 Å². The number of aliphatic hydroxyl groups excluding tert-OH is 1. The van der Waals surface area contributed by atoms with Crippen LogP contribution in [0.25, 0.3) is 0 Å². The van der Waals surface area contributed by atoms with Gasteiger partial charge >= 0.3 is 0 Å². The number of nitriles is 2. The molecule has 1 aromatic carbocycles. The van der Waals surface area contributed by atoms with E-state index in [-0.39, 0.29) is 6.61 Å². The third kappa shape index (κ3) is 4.71. The zero-order valence-corrected chi connectivity index (χ0v) is 18.7. The minimum atomic E-state index is -0.728. The number of aliphatic hydroxyl groups is 1. The molecule has 0 spiro atoms. The van der Waals surface area contributed by atoms with Crippen LogP contribution in [0.2, 0.25) is 0 Å². The van der Waals surface area contributed by atoms with Crippen LogP contribution < -0.4 is 16.4 Å². The van der Waals surface area contributed by atoms with E-state index in [1.54, 1.807) is 12.1 Å². The minimum absolute atomic E-state index is 0.106. The zero-order chi connectivity index (χ0) is 23.3. The van der Waals surface area contributed by atoms with Crippen LogP contribution in [0, 0.1) is 22.7 Å². The molecule has 1 fully saturated rings. The Morgan fingerprint density at radius 2 is 1.88 bits per heavy atom. The van der Waals surface area contributed by atoms with E-state index in [0.717, 1.165) is 11.8 Å². The smallest absolute Gasteiger partial charge is 0.235 e. The van der Waals surface area contributed by atoms with E-state index < -0.39 is 16.7 Å². The Morgan fingerprint density at radius 1 is 1.25 bits per heavy atom. The standard InChI is InChI=1S/C23H26N6O2S/c1-2-16-17(12-24)21(29-10-8-23(27,14-30)9-11-29)28-22(18(16)13-25)32-19(20(26)31)15-6-4-3-5-7-15/h3-7,19,30H,2,8-11,14,27H2,1H3,(H2,26,31). The van der Waals surface area contributed by atoms with Crippen molar-refractivity contribution in [2.24, 2.45) is 11.5 Å². The Bertz CT molecular complexity index is 1070. The van der Waals surface area contributed by atoms with Crippen LogP contribution in [0.5, 0.6) is 0 Å². The van der Waals surface area contributed by atoms with E-state index >= 15 is 0 Å². The molecule has 1 aliphatic rings. The molecule has 2 heterocycles. The summed E-state index contributed by atoms with van der Waals surface area (Å²) in [6, 6.07) is 13.5. The second-order valence-corrected chi connectivity index (χ2v) is 8.96. The van der Waals surface area contributed by atoms with E-state index in [2.05, 4.69) is 12.1 Å². The van der Waals surface area contributed by atoms with Gasteiger partial charge in [0.1, 0.15) is 28.2 Å². The maximum absolute atomic E-state index is 12.3. The van der Waals surface area contributed by atoms with Gasteiger partial charge in [0, 0.05) is 18.6 Å². The molecule has 3 rings (SSSR count). The fourth-order valence-electron chi connectivity index (χ4n) is 3.85. The zero-order valence-electron chi connectivity index (χ0n) is 17.9. The average Bonchev–Trinajstić information content (AvgIpc) is 2.82. The lowest BCUT2D eigenvalue weighted by Crippen LogP contribution is -2.53. The number of primary amides is 1. The van der Waals surface area contributed by atoms with Crippen LogP contribution in [-0.2, 0) is 11.2 Å². The van der Waals surface area contributed by atoms with Gasteiger partial charge < -0.3 is 21.5 Å². The Labute approximate surface area is 191 Å². The summed E-state index contributed by atoms with van der Waals surface area (Å²) in [6.45, 7) is 2.82. The van der Waals surface area contributed by atoms with E-state index in [0.29, 0.717) is 65.4 Å². The van der Waals surface area contributed by atoms with Crippen molar-refractivity contribution >= 4 is 23.5 Å². The van der Waals surface area contributed by atoms with E-state index in [1.165, 1.54) is 0 Å². The lowest BCUT2D eigenvalue weighted by atomic mass is 9.89. The molecule has 1 aromatic heterocycles. The third-order valence-corrected chi connectivity index (χ3v) is 7.05. The molecule has 32 heavy (non-hydrogen) atoms. The first-order valence-electron chi connectivity index (χ1n) is 10.4. The van der Waals surface area contributed by atoms with Crippen molar-refractivity contribution in [1.82, 2.24) is 4.98 Å². The molecule has 1 unspecified atom stereocenters. The average molecular weight is 451 g/mol. The normalized spacial score (nSPS) is 16.1. The van der Waals surface area contributed by atoms with Gasteiger partial charge in [0.25, 0.3) is 0 Å². The van der Waals surface area contributed by atoms with E-state index in [9.17, 15) is 20.4 Å². The van der Waals surface area contributed by atoms with Crippen LogP contribution >= 0.6 is 11.8 Å². The number of hydrogen-bond donors (Lipinski definition) is 3. The summed E-state index contributed by atoms with van der Waals surface area (Å²) in [6.07, 6.45) is 1.56.